The number of anilines is 1. The van der Waals surface area contributed by atoms with Gasteiger partial charge in [-0.2, -0.15) is 0 Å². The van der Waals surface area contributed by atoms with Crippen molar-refractivity contribution in [3.63, 3.8) is 0 Å². The summed E-state index contributed by atoms with van der Waals surface area (Å²) in [6.45, 7) is 3.92. The van der Waals surface area contributed by atoms with Gasteiger partial charge in [0, 0.05) is 0 Å². The molecular formula is C28H22N2O5S. The monoisotopic (exact) mass is 498 g/mol. The average molecular weight is 499 g/mol. The highest BCUT2D eigenvalue weighted by Crippen LogP contribution is 2.44. The van der Waals surface area contributed by atoms with Crippen LogP contribution >= 0.6 is 11.3 Å². The van der Waals surface area contributed by atoms with Crippen LogP contribution in [0.5, 0.6) is 11.5 Å². The molecule has 0 spiro atoms. The number of thiazole rings is 1. The maximum atomic E-state index is 13.8. The van der Waals surface area contributed by atoms with E-state index in [2.05, 4.69) is 0 Å². The number of fused-ring (bicyclic) bond motifs is 3. The lowest BCUT2D eigenvalue weighted by atomic mass is 9.98. The molecule has 0 N–H and O–H groups in total. The first-order valence-electron chi connectivity index (χ1n) is 11.5. The molecule has 6 rings (SSSR count). The first-order valence-corrected chi connectivity index (χ1v) is 12.4. The lowest BCUT2D eigenvalue weighted by Crippen LogP contribution is -2.29. The third-order valence-electron chi connectivity index (χ3n) is 6.14. The smallest absolute Gasteiger partial charge is 0.297 e. The van der Waals surface area contributed by atoms with Crippen molar-refractivity contribution in [2.75, 3.05) is 12.0 Å². The van der Waals surface area contributed by atoms with Gasteiger partial charge in [-0.15, -0.1) is 0 Å². The van der Waals surface area contributed by atoms with Crippen LogP contribution in [0.2, 0.25) is 0 Å². The third kappa shape index (κ3) is 3.53. The molecule has 1 aliphatic heterocycles. The van der Waals surface area contributed by atoms with E-state index in [1.54, 1.807) is 36.3 Å². The van der Waals surface area contributed by atoms with Gasteiger partial charge in [-0.25, -0.2) is 4.98 Å². The summed E-state index contributed by atoms with van der Waals surface area (Å²) in [5.74, 6) is 1.06. The van der Waals surface area contributed by atoms with Gasteiger partial charge >= 0.3 is 0 Å². The van der Waals surface area contributed by atoms with Crippen LogP contribution < -0.4 is 19.8 Å². The SMILES string of the molecule is COc1ccc2nc(N3C(=O)c4oc5ccccc5c(=O)c4C3c3ccc(OC(C)C)cc3)sc2c1. The fraction of sp³-hybridized carbons (Fsp3) is 0.179. The summed E-state index contributed by atoms with van der Waals surface area (Å²) in [5.41, 5.74) is 1.97. The van der Waals surface area contributed by atoms with E-state index in [-0.39, 0.29) is 17.3 Å². The van der Waals surface area contributed by atoms with E-state index in [0.717, 1.165) is 15.8 Å². The van der Waals surface area contributed by atoms with Crippen molar-refractivity contribution >= 4 is 43.6 Å². The van der Waals surface area contributed by atoms with Crippen LogP contribution in [0.4, 0.5) is 5.13 Å². The molecule has 180 valence electrons. The largest absolute Gasteiger partial charge is 0.497 e. The number of hydrogen-bond donors (Lipinski definition) is 0. The van der Waals surface area contributed by atoms with Crippen LogP contribution in [-0.2, 0) is 0 Å². The maximum Gasteiger partial charge on any atom is 0.297 e. The highest BCUT2D eigenvalue weighted by Gasteiger charge is 2.45. The Balaban J connectivity index is 1.56. The molecule has 8 heteroatoms. The summed E-state index contributed by atoms with van der Waals surface area (Å²) in [7, 11) is 1.61. The number of ether oxygens (including phenoxy) is 2. The zero-order valence-electron chi connectivity index (χ0n) is 19.8. The molecule has 3 heterocycles. The topological polar surface area (TPSA) is 81.9 Å². The van der Waals surface area contributed by atoms with Gasteiger partial charge in [0.15, 0.2) is 10.6 Å². The molecule has 0 saturated heterocycles. The molecule has 1 atom stereocenters. The number of carbonyl (C=O) groups is 1. The Morgan fingerprint density at radius 3 is 2.50 bits per heavy atom. The average Bonchev–Trinajstić information content (AvgIpc) is 3.42. The summed E-state index contributed by atoms with van der Waals surface area (Å²) < 4.78 is 18.0. The molecule has 0 bridgehead atoms. The van der Waals surface area contributed by atoms with Gasteiger partial charge in [-0.1, -0.05) is 35.6 Å². The number of hydrogen-bond acceptors (Lipinski definition) is 7. The van der Waals surface area contributed by atoms with Gasteiger partial charge in [0.1, 0.15) is 17.1 Å². The highest BCUT2D eigenvalue weighted by atomic mass is 32.1. The number of amides is 1. The minimum Gasteiger partial charge on any atom is -0.497 e. The van der Waals surface area contributed by atoms with Crippen LogP contribution in [0.15, 0.2) is 75.9 Å². The summed E-state index contributed by atoms with van der Waals surface area (Å²) >= 11 is 1.36. The molecule has 0 aliphatic carbocycles. The quantitative estimate of drug-likeness (QED) is 0.298. The van der Waals surface area contributed by atoms with Crippen molar-refractivity contribution in [2.24, 2.45) is 0 Å². The molecule has 3 aromatic carbocycles. The third-order valence-corrected chi connectivity index (χ3v) is 7.15. The van der Waals surface area contributed by atoms with Crippen molar-refractivity contribution in [3.05, 3.63) is 93.8 Å². The summed E-state index contributed by atoms with van der Waals surface area (Å²) in [4.78, 5) is 33.8. The minimum atomic E-state index is -0.691. The van der Waals surface area contributed by atoms with Gasteiger partial charge in [0.2, 0.25) is 5.76 Å². The zero-order valence-corrected chi connectivity index (χ0v) is 20.7. The molecule has 1 amide bonds. The predicted octanol–water partition coefficient (Wildman–Crippen LogP) is 5.95. The van der Waals surface area contributed by atoms with E-state index >= 15 is 0 Å². The molecule has 0 saturated carbocycles. The Morgan fingerprint density at radius 2 is 1.75 bits per heavy atom. The van der Waals surface area contributed by atoms with Crippen molar-refractivity contribution < 1.29 is 18.7 Å². The van der Waals surface area contributed by atoms with Crippen LogP contribution in [-0.4, -0.2) is 24.1 Å². The number of methoxy groups -OCH3 is 1. The van der Waals surface area contributed by atoms with E-state index in [4.69, 9.17) is 18.9 Å². The molecule has 0 fully saturated rings. The van der Waals surface area contributed by atoms with Crippen LogP contribution in [0, 0.1) is 0 Å². The van der Waals surface area contributed by atoms with Crippen LogP contribution in [0.1, 0.15) is 41.6 Å². The Kier molecular flexibility index (Phi) is 5.26. The summed E-state index contributed by atoms with van der Waals surface area (Å²) in [6.07, 6.45) is 0.0271. The second-order valence-electron chi connectivity index (χ2n) is 8.81. The first kappa shape index (κ1) is 22.3. The van der Waals surface area contributed by atoms with Gasteiger partial charge in [-0.05, 0) is 61.9 Å². The minimum absolute atomic E-state index is 0.0271. The summed E-state index contributed by atoms with van der Waals surface area (Å²) in [5, 5.41) is 0.912. The molecule has 1 unspecified atom stereocenters. The number of para-hydroxylation sites is 1. The molecule has 1 aliphatic rings. The van der Waals surface area contributed by atoms with Gasteiger partial charge in [0.25, 0.3) is 5.91 Å². The standard InChI is InChI=1S/C28H22N2O5S/c1-15(2)34-17-10-8-16(9-11-17)24-23-25(31)19-6-4-5-7-21(19)35-26(23)27(32)30(24)28-29-20-13-12-18(33-3)14-22(20)36-28/h4-15,24H,1-3H3. The second kappa shape index (κ2) is 8.49. The van der Waals surface area contributed by atoms with Crippen molar-refractivity contribution in [1.29, 1.82) is 0 Å². The summed E-state index contributed by atoms with van der Waals surface area (Å²) in [6, 6.07) is 19.3. The molecule has 0 radical (unpaired) electrons. The van der Waals surface area contributed by atoms with Crippen molar-refractivity contribution in [3.8, 4) is 11.5 Å². The second-order valence-corrected chi connectivity index (χ2v) is 9.82. The maximum absolute atomic E-state index is 13.8. The number of carbonyl (C=O) groups excluding carboxylic acids is 1. The normalized spacial score (nSPS) is 15.2. The lowest BCUT2D eigenvalue weighted by molar-refractivity contribution is 0.0971. The predicted molar refractivity (Wildman–Crippen MR) is 140 cm³/mol. The Bertz CT molecular complexity index is 1690. The van der Waals surface area contributed by atoms with Gasteiger partial charge in [0.05, 0.1) is 40.4 Å². The van der Waals surface area contributed by atoms with E-state index in [1.165, 1.54) is 11.3 Å². The van der Waals surface area contributed by atoms with Crippen LogP contribution in [0.3, 0.4) is 0 Å². The highest BCUT2D eigenvalue weighted by molar-refractivity contribution is 7.22. The lowest BCUT2D eigenvalue weighted by Gasteiger charge is -2.22. The van der Waals surface area contributed by atoms with Crippen molar-refractivity contribution in [1.82, 2.24) is 4.98 Å². The van der Waals surface area contributed by atoms with E-state index in [9.17, 15) is 9.59 Å². The first-order chi connectivity index (χ1) is 17.4. The fourth-order valence-electron chi connectivity index (χ4n) is 4.56. The molecule has 36 heavy (non-hydrogen) atoms. The van der Waals surface area contributed by atoms with Crippen molar-refractivity contribution in [2.45, 2.75) is 26.0 Å². The fourth-order valence-corrected chi connectivity index (χ4v) is 5.58. The number of aromatic nitrogens is 1. The molecular weight excluding hydrogens is 476 g/mol. The zero-order chi connectivity index (χ0) is 25.0. The number of benzene rings is 3. The Labute approximate surface area is 210 Å². The van der Waals surface area contributed by atoms with Crippen LogP contribution in [0.25, 0.3) is 21.2 Å². The number of rotatable bonds is 5. The molecule has 2 aromatic heterocycles. The Hall–Kier alpha value is -4.17. The molecule has 5 aromatic rings. The van der Waals surface area contributed by atoms with E-state index in [1.807, 2.05) is 56.3 Å². The molecule has 7 nitrogen and oxygen atoms in total. The van der Waals surface area contributed by atoms with Gasteiger partial charge < -0.3 is 13.9 Å². The number of nitrogens with zero attached hydrogens (tertiary/aromatic N) is 2. The van der Waals surface area contributed by atoms with E-state index < -0.39 is 11.9 Å². The van der Waals surface area contributed by atoms with Gasteiger partial charge in [-0.3, -0.25) is 14.5 Å². The Morgan fingerprint density at radius 1 is 1.00 bits per heavy atom. The van der Waals surface area contributed by atoms with E-state index in [0.29, 0.717) is 33.2 Å².